The lowest BCUT2D eigenvalue weighted by Crippen LogP contribution is -2.22. The monoisotopic (exact) mass is 212 g/mol. The molecule has 0 amide bonds. The van der Waals surface area contributed by atoms with Gasteiger partial charge in [-0.05, 0) is 31.9 Å². The second kappa shape index (κ2) is 6.93. The second-order valence-corrected chi connectivity index (χ2v) is 4.37. The Kier molecular flexibility index (Phi) is 5.76. The molecule has 1 saturated heterocycles. The van der Waals surface area contributed by atoms with Crippen LogP contribution in [0, 0.1) is 0 Å². The third kappa shape index (κ3) is 3.74. The number of hydrogen-bond acceptors (Lipinski definition) is 3. The van der Waals surface area contributed by atoms with Gasteiger partial charge >= 0.3 is 0 Å². The zero-order valence-corrected chi connectivity index (χ0v) is 9.99. The number of rotatable bonds is 2. The van der Waals surface area contributed by atoms with Crippen molar-refractivity contribution in [3.8, 4) is 0 Å². The number of hydrogen-bond donors (Lipinski definition) is 1. The predicted octanol–water partition coefficient (Wildman–Crippen LogP) is 2.82. The summed E-state index contributed by atoms with van der Waals surface area (Å²) in [7, 11) is 0. The highest BCUT2D eigenvalue weighted by Gasteiger charge is 2.09. The first-order valence-electron chi connectivity index (χ1n) is 5.50. The molecule has 1 aliphatic rings. The molecule has 0 spiro atoms. The van der Waals surface area contributed by atoms with Gasteiger partial charge in [-0.25, -0.2) is 0 Å². The number of aliphatic imine (C=N–C) groups is 1. The maximum Gasteiger partial charge on any atom is 0.113 e. The maximum absolute atomic E-state index is 4.53. The highest BCUT2D eigenvalue weighted by molar-refractivity contribution is 8.14. The molecular weight excluding hydrogens is 192 g/mol. The van der Waals surface area contributed by atoms with Crippen molar-refractivity contribution in [1.29, 1.82) is 0 Å². The fourth-order valence-corrected chi connectivity index (χ4v) is 2.48. The normalized spacial score (nSPS) is 24.4. The summed E-state index contributed by atoms with van der Waals surface area (Å²) in [6.45, 7) is 6.23. The van der Waals surface area contributed by atoms with Crippen LogP contribution in [0.2, 0.25) is 0 Å². The van der Waals surface area contributed by atoms with Crippen molar-refractivity contribution in [2.45, 2.75) is 33.1 Å². The van der Waals surface area contributed by atoms with Crippen LogP contribution in [-0.4, -0.2) is 23.9 Å². The van der Waals surface area contributed by atoms with Crippen LogP contribution in [0.3, 0.4) is 0 Å². The van der Waals surface area contributed by atoms with Crippen LogP contribution in [0.15, 0.2) is 16.8 Å². The summed E-state index contributed by atoms with van der Waals surface area (Å²) in [6, 6.07) is 0. The summed E-state index contributed by atoms with van der Waals surface area (Å²) in [5.41, 5.74) is 1.25. The molecule has 80 valence electrons. The van der Waals surface area contributed by atoms with Crippen molar-refractivity contribution in [3.63, 3.8) is 0 Å². The van der Waals surface area contributed by atoms with E-state index in [0.29, 0.717) is 0 Å². The Labute approximate surface area is 91.3 Å². The van der Waals surface area contributed by atoms with Crippen molar-refractivity contribution < 1.29 is 0 Å². The first-order chi connectivity index (χ1) is 6.88. The van der Waals surface area contributed by atoms with Gasteiger partial charge in [-0.15, -0.1) is 11.8 Å². The highest BCUT2D eigenvalue weighted by atomic mass is 32.2. The fourth-order valence-electron chi connectivity index (χ4n) is 1.41. The van der Waals surface area contributed by atoms with E-state index < -0.39 is 0 Å². The maximum atomic E-state index is 4.53. The molecule has 1 fully saturated rings. The van der Waals surface area contributed by atoms with Gasteiger partial charge in [0.15, 0.2) is 0 Å². The topological polar surface area (TPSA) is 24.4 Å². The van der Waals surface area contributed by atoms with Crippen LogP contribution in [0.5, 0.6) is 0 Å². The summed E-state index contributed by atoms with van der Waals surface area (Å²) >= 11 is 1.89. The van der Waals surface area contributed by atoms with Gasteiger partial charge in [0.1, 0.15) is 5.04 Å². The molecule has 0 saturated carbocycles. The zero-order valence-electron chi connectivity index (χ0n) is 9.18. The Morgan fingerprint density at radius 3 is 3.00 bits per heavy atom. The molecule has 0 aromatic carbocycles. The number of allylic oxidation sites excluding steroid dienone is 1. The molecular formula is C11H20N2S. The summed E-state index contributed by atoms with van der Waals surface area (Å²) in [5, 5.41) is 4.67. The number of thioether (sulfide) groups is 1. The van der Waals surface area contributed by atoms with Crippen LogP contribution in [-0.2, 0) is 0 Å². The van der Waals surface area contributed by atoms with Crippen LogP contribution >= 0.6 is 11.8 Å². The molecule has 0 atom stereocenters. The van der Waals surface area contributed by atoms with E-state index in [1.54, 1.807) is 0 Å². The highest BCUT2D eigenvalue weighted by Crippen LogP contribution is 2.16. The minimum absolute atomic E-state index is 0.880. The Morgan fingerprint density at radius 1 is 1.43 bits per heavy atom. The van der Waals surface area contributed by atoms with Gasteiger partial charge in [0.2, 0.25) is 0 Å². The molecule has 1 heterocycles. The SMILES string of the molecule is CCC=C1NCCCCSC1=NCC. The summed E-state index contributed by atoms with van der Waals surface area (Å²) < 4.78 is 0. The molecule has 14 heavy (non-hydrogen) atoms. The molecule has 1 N–H and O–H groups in total. The minimum atomic E-state index is 0.880. The smallest absolute Gasteiger partial charge is 0.113 e. The van der Waals surface area contributed by atoms with Gasteiger partial charge in [0.05, 0.1) is 5.70 Å². The standard InChI is InChI=1S/C11H20N2S/c1-3-7-10-11(12-4-2)14-9-6-5-8-13-10/h7,13H,3-6,8-9H2,1-2H3. The second-order valence-electron chi connectivity index (χ2n) is 3.29. The van der Waals surface area contributed by atoms with E-state index in [1.807, 2.05) is 11.8 Å². The van der Waals surface area contributed by atoms with E-state index in [9.17, 15) is 0 Å². The molecule has 0 aliphatic carbocycles. The molecule has 1 aliphatic heterocycles. The molecule has 0 aromatic rings. The van der Waals surface area contributed by atoms with Crippen LogP contribution < -0.4 is 5.32 Å². The van der Waals surface area contributed by atoms with E-state index in [1.165, 1.54) is 29.3 Å². The average Bonchev–Trinajstić information content (AvgIpc) is 2.16. The van der Waals surface area contributed by atoms with E-state index >= 15 is 0 Å². The van der Waals surface area contributed by atoms with Gasteiger partial charge in [0.25, 0.3) is 0 Å². The number of nitrogens with zero attached hydrogens (tertiary/aromatic N) is 1. The van der Waals surface area contributed by atoms with Crippen molar-refractivity contribution in [2.75, 3.05) is 18.8 Å². The predicted molar refractivity (Wildman–Crippen MR) is 66.0 cm³/mol. The van der Waals surface area contributed by atoms with Crippen LogP contribution in [0.1, 0.15) is 33.1 Å². The summed E-state index contributed by atoms with van der Waals surface area (Å²) in [4.78, 5) is 4.53. The summed E-state index contributed by atoms with van der Waals surface area (Å²) in [6.07, 6.45) is 5.88. The third-order valence-corrected chi connectivity index (χ3v) is 3.18. The quantitative estimate of drug-likeness (QED) is 0.761. The zero-order chi connectivity index (χ0) is 10.2. The number of nitrogens with one attached hydrogen (secondary N) is 1. The van der Waals surface area contributed by atoms with Crippen LogP contribution in [0.4, 0.5) is 0 Å². The average molecular weight is 212 g/mol. The molecule has 0 bridgehead atoms. The van der Waals surface area contributed by atoms with Crippen molar-refractivity contribution in [2.24, 2.45) is 4.99 Å². The van der Waals surface area contributed by atoms with Gasteiger partial charge < -0.3 is 5.32 Å². The van der Waals surface area contributed by atoms with Gasteiger partial charge in [-0.2, -0.15) is 0 Å². The molecule has 1 rings (SSSR count). The lowest BCUT2D eigenvalue weighted by Gasteiger charge is -2.16. The molecule has 0 unspecified atom stereocenters. The molecule has 2 nitrogen and oxygen atoms in total. The van der Waals surface area contributed by atoms with Crippen molar-refractivity contribution in [3.05, 3.63) is 11.8 Å². The van der Waals surface area contributed by atoms with Crippen LogP contribution in [0.25, 0.3) is 0 Å². The first-order valence-corrected chi connectivity index (χ1v) is 6.48. The third-order valence-electron chi connectivity index (χ3n) is 2.07. The lowest BCUT2D eigenvalue weighted by molar-refractivity contribution is 0.724. The van der Waals surface area contributed by atoms with Crippen molar-refractivity contribution in [1.82, 2.24) is 5.32 Å². The minimum Gasteiger partial charge on any atom is -0.383 e. The Balaban J connectivity index is 2.71. The Bertz CT molecular complexity index is 197. The Morgan fingerprint density at radius 2 is 2.29 bits per heavy atom. The van der Waals surface area contributed by atoms with Gasteiger partial charge in [0, 0.05) is 13.1 Å². The van der Waals surface area contributed by atoms with Crippen molar-refractivity contribution >= 4 is 16.8 Å². The van der Waals surface area contributed by atoms with E-state index in [4.69, 9.17) is 0 Å². The van der Waals surface area contributed by atoms with Gasteiger partial charge in [-0.1, -0.05) is 13.0 Å². The van der Waals surface area contributed by atoms with Gasteiger partial charge in [-0.3, -0.25) is 4.99 Å². The van der Waals surface area contributed by atoms with E-state index in [2.05, 4.69) is 30.2 Å². The first kappa shape index (κ1) is 11.6. The molecule has 3 heteroatoms. The van der Waals surface area contributed by atoms with E-state index in [-0.39, 0.29) is 0 Å². The Hall–Kier alpha value is -0.440. The largest absolute Gasteiger partial charge is 0.383 e. The summed E-state index contributed by atoms with van der Waals surface area (Å²) in [5.74, 6) is 1.21. The fraction of sp³-hybridized carbons (Fsp3) is 0.727. The van der Waals surface area contributed by atoms with E-state index in [0.717, 1.165) is 19.5 Å². The molecule has 0 radical (unpaired) electrons. The lowest BCUT2D eigenvalue weighted by atomic mass is 10.3. The molecule has 0 aromatic heterocycles.